The van der Waals surface area contributed by atoms with Crippen molar-refractivity contribution in [2.24, 2.45) is 5.92 Å². The molecule has 1 spiro atoms. The monoisotopic (exact) mass is 346 g/mol. The van der Waals surface area contributed by atoms with Crippen LogP contribution in [0.5, 0.6) is 5.75 Å². The fourth-order valence-electron chi connectivity index (χ4n) is 4.57. The molecule has 134 valence electrons. The highest BCUT2D eigenvalue weighted by atomic mass is 16.5. The van der Waals surface area contributed by atoms with E-state index in [1.165, 1.54) is 35.2 Å². The summed E-state index contributed by atoms with van der Waals surface area (Å²) in [6, 6.07) is 17.5. The standard InChI is InChI=1S/C23H26N2O/c1-16-7-9-18(10-8-16)20-15-21-19-5-3-4-6-22(19)26-23(25(21)24-20)13-11-17(2)12-14-23/h3-10,15,17,21,24H,11-14H2,1-2H3. The summed E-state index contributed by atoms with van der Waals surface area (Å²) >= 11 is 0. The average Bonchev–Trinajstić information content (AvgIpc) is 3.12. The molecule has 0 bridgehead atoms. The van der Waals surface area contributed by atoms with Gasteiger partial charge in [0.2, 0.25) is 0 Å². The van der Waals surface area contributed by atoms with Crippen LogP contribution in [-0.4, -0.2) is 10.7 Å². The predicted molar refractivity (Wildman–Crippen MR) is 104 cm³/mol. The number of ether oxygens (including phenoxy) is 1. The minimum Gasteiger partial charge on any atom is -0.471 e. The summed E-state index contributed by atoms with van der Waals surface area (Å²) in [5, 5.41) is 2.39. The zero-order valence-corrected chi connectivity index (χ0v) is 15.5. The van der Waals surface area contributed by atoms with E-state index in [1.807, 2.05) is 0 Å². The van der Waals surface area contributed by atoms with Crippen molar-refractivity contribution in [2.75, 3.05) is 0 Å². The predicted octanol–water partition coefficient (Wildman–Crippen LogP) is 5.20. The van der Waals surface area contributed by atoms with Gasteiger partial charge in [-0.3, -0.25) is 0 Å². The highest BCUT2D eigenvalue weighted by molar-refractivity contribution is 5.67. The minimum absolute atomic E-state index is 0.227. The maximum Gasteiger partial charge on any atom is 0.180 e. The largest absolute Gasteiger partial charge is 0.471 e. The van der Waals surface area contributed by atoms with E-state index in [-0.39, 0.29) is 11.8 Å². The Balaban J connectivity index is 1.56. The molecule has 1 N–H and O–H groups in total. The first-order chi connectivity index (χ1) is 12.6. The lowest BCUT2D eigenvalue weighted by Crippen LogP contribution is -2.60. The first kappa shape index (κ1) is 16.0. The van der Waals surface area contributed by atoms with E-state index in [0.29, 0.717) is 0 Å². The maximum absolute atomic E-state index is 6.66. The number of fused-ring (bicyclic) bond motifs is 4. The number of rotatable bonds is 1. The van der Waals surface area contributed by atoms with Gasteiger partial charge in [-0.15, -0.1) is 0 Å². The Hall–Kier alpha value is -2.26. The van der Waals surface area contributed by atoms with Crippen LogP contribution in [0.1, 0.15) is 55.3 Å². The quantitative estimate of drug-likeness (QED) is 0.768. The van der Waals surface area contributed by atoms with E-state index in [4.69, 9.17) is 4.74 Å². The van der Waals surface area contributed by atoms with Gasteiger partial charge in [0, 0.05) is 18.4 Å². The molecule has 26 heavy (non-hydrogen) atoms. The Labute approximate surface area is 155 Å². The highest BCUT2D eigenvalue weighted by Gasteiger charge is 2.51. The number of nitrogens with one attached hydrogen (secondary N) is 1. The maximum atomic E-state index is 6.66. The van der Waals surface area contributed by atoms with E-state index in [1.54, 1.807) is 0 Å². The molecule has 2 heterocycles. The molecule has 1 fully saturated rings. The zero-order chi connectivity index (χ0) is 17.7. The Morgan fingerprint density at radius 3 is 2.54 bits per heavy atom. The number of hydrogen-bond acceptors (Lipinski definition) is 3. The molecule has 3 heteroatoms. The number of aryl methyl sites for hydroxylation is 1. The Morgan fingerprint density at radius 1 is 1.04 bits per heavy atom. The van der Waals surface area contributed by atoms with Gasteiger partial charge in [-0.1, -0.05) is 55.0 Å². The van der Waals surface area contributed by atoms with E-state index in [0.717, 1.165) is 24.5 Å². The molecule has 3 nitrogen and oxygen atoms in total. The van der Waals surface area contributed by atoms with E-state index >= 15 is 0 Å². The van der Waals surface area contributed by atoms with Gasteiger partial charge in [-0.05, 0) is 43.4 Å². The van der Waals surface area contributed by atoms with E-state index in [2.05, 4.69) is 78.9 Å². The van der Waals surface area contributed by atoms with Crippen LogP contribution in [0, 0.1) is 12.8 Å². The molecule has 0 aromatic heterocycles. The second-order valence-corrected chi connectivity index (χ2v) is 8.14. The van der Waals surface area contributed by atoms with Gasteiger partial charge >= 0.3 is 0 Å². The topological polar surface area (TPSA) is 24.5 Å². The first-order valence-corrected chi connectivity index (χ1v) is 9.77. The van der Waals surface area contributed by atoms with Crippen LogP contribution in [0.4, 0.5) is 0 Å². The molecule has 5 rings (SSSR count). The van der Waals surface area contributed by atoms with E-state index in [9.17, 15) is 0 Å². The van der Waals surface area contributed by atoms with Gasteiger partial charge in [-0.2, -0.15) is 5.01 Å². The van der Waals surface area contributed by atoms with Crippen molar-refractivity contribution < 1.29 is 4.74 Å². The Morgan fingerprint density at radius 2 is 1.77 bits per heavy atom. The van der Waals surface area contributed by atoms with Crippen LogP contribution in [0.2, 0.25) is 0 Å². The summed E-state index contributed by atoms with van der Waals surface area (Å²) in [4.78, 5) is 0. The molecule has 2 aromatic rings. The fraction of sp³-hybridized carbons (Fsp3) is 0.391. The average molecular weight is 346 g/mol. The molecule has 3 aliphatic rings. The summed E-state index contributed by atoms with van der Waals surface area (Å²) in [6.07, 6.45) is 6.94. The normalized spacial score (nSPS) is 30.2. The lowest BCUT2D eigenvalue weighted by Gasteiger charge is -2.51. The molecule has 1 atom stereocenters. The van der Waals surface area contributed by atoms with Gasteiger partial charge in [0.15, 0.2) is 5.72 Å². The number of nitrogens with zero attached hydrogens (tertiary/aromatic N) is 1. The summed E-state index contributed by atoms with van der Waals surface area (Å²) in [7, 11) is 0. The third-order valence-corrected chi connectivity index (χ3v) is 6.24. The fourth-order valence-corrected chi connectivity index (χ4v) is 4.57. The Kier molecular flexibility index (Phi) is 3.61. The molecule has 1 aliphatic carbocycles. The van der Waals surface area contributed by atoms with Crippen molar-refractivity contribution in [2.45, 2.75) is 51.3 Å². The third kappa shape index (κ3) is 2.45. The van der Waals surface area contributed by atoms with Crippen molar-refractivity contribution in [1.82, 2.24) is 10.4 Å². The van der Waals surface area contributed by atoms with Crippen molar-refractivity contribution in [3.8, 4) is 5.75 Å². The summed E-state index contributed by atoms with van der Waals surface area (Å²) in [5.41, 5.74) is 8.44. The molecule has 2 aliphatic heterocycles. The number of para-hydroxylation sites is 1. The molecule has 1 saturated carbocycles. The summed E-state index contributed by atoms with van der Waals surface area (Å²) in [6.45, 7) is 4.49. The molecule has 1 unspecified atom stereocenters. The van der Waals surface area contributed by atoms with Crippen molar-refractivity contribution in [3.63, 3.8) is 0 Å². The molecule has 0 amide bonds. The summed E-state index contributed by atoms with van der Waals surface area (Å²) < 4.78 is 6.66. The third-order valence-electron chi connectivity index (χ3n) is 6.24. The first-order valence-electron chi connectivity index (χ1n) is 9.77. The van der Waals surface area contributed by atoms with Crippen LogP contribution >= 0.6 is 0 Å². The van der Waals surface area contributed by atoms with Gasteiger partial charge in [0.1, 0.15) is 5.75 Å². The van der Waals surface area contributed by atoms with Crippen molar-refractivity contribution in [3.05, 3.63) is 71.3 Å². The van der Waals surface area contributed by atoms with Gasteiger partial charge < -0.3 is 10.2 Å². The minimum atomic E-state index is -0.242. The number of hydrazine groups is 1. The smallest absolute Gasteiger partial charge is 0.180 e. The van der Waals surface area contributed by atoms with Crippen LogP contribution in [0.15, 0.2) is 54.6 Å². The molecular weight excluding hydrogens is 320 g/mol. The number of hydrogen-bond donors (Lipinski definition) is 1. The number of benzene rings is 2. The second-order valence-electron chi connectivity index (χ2n) is 8.14. The van der Waals surface area contributed by atoms with Gasteiger partial charge in [0.05, 0.1) is 11.7 Å². The van der Waals surface area contributed by atoms with E-state index < -0.39 is 0 Å². The second kappa shape index (κ2) is 5.88. The van der Waals surface area contributed by atoms with Crippen molar-refractivity contribution in [1.29, 1.82) is 0 Å². The lowest BCUT2D eigenvalue weighted by molar-refractivity contribution is -0.155. The van der Waals surface area contributed by atoms with Crippen LogP contribution < -0.4 is 10.2 Å². The van der Waals surface area contributed by atoms with Crippen molar-refractivity contribution >= 4 is 5.70 Å². The SMILES string of the molecule is Cc1ccc(C2=CC3c4ccccc4OC4(CCC(C)CC4)N3N2)cc1. The molecule has 0 saturated heterocycles. The zero-order valence-electron chi connectivity index (χ0n) is 15.5. The summed E-state index contributed by atoms with van der Waals surface area (Å²) in [5.74, 6) is 1.83. The Bertz CT molecular complexity index is 847. The molecule has 0 radical (unpaired) electrons. The van der Waals surface area contributed by atoms with Crippen LogP contribution in [0.25, 0.3) is 5.70 Å². The van der Waals surface area contributed by atoms with Crippen LogP contribution in [0.3, 0.4) is 0 Å². The molecule has 2 aromatic carbocycles. The molecular formula is C23H26N2O. The van der Waals surface area contributed by atoms with Crippen LogP contribution in [-0.2, 0) is 0 Å². The highest BCUT2D eigenvalue weighted by Crippen LogP contribution is 2.50. The van der Waals surface area contributed by atoms with Gasteiger partial charge in [0.25, 0.3) is 0 Å². The lowest BCUT2D eigenvalue weighted by atomic mass is 9.82. The van der Waals surface area contributed by atoms with Gasteiger partial charge in [-0.25, -0.2) is 0 Å².